The summed E-state index contributed by atoms with van der Waals surface area (Å²) >= 11 is 0. The van der Waals surface area contributed by atoms with Gasteiger partial charge in [-0.15, -0.1) is 0 Å². The number of hydrogen-bond acceptors (Lipinski definition) is 3. The SMILES string of the molecule is O=C(C[C@@H]1C(=O)NCCN1Cc1ccc2ccccc2c1)NC1CCCC1. The van der Waals surface area contributed by atoms with E-state index in [1.54, 1.807) is 0 Å². The lowest BCUT2D eigenvalue weighted by Crippen LogP contribution is -2.56. The number of carbonyl (C=O) groups excluding carboxylic acids is 2. The molecule has 2 aliphatic rings. The molecule has 2 amide bonds. The third-order valence-corrected chi connectivity index (χ3v) is 5.74. The normalized spacial score (nSPS) is 21.3. The molecule has 0 aromatic heterocycles. The molecule has 2 N–H and O–H groups in total. The Bertz CT molecular complexity index is 829. The number of piperazine rings is 1. The van der Waals surface area contributed by atoms with Crippen molar-refractivity contribution >= 4 is 22.6 Å². The Hall–Kier alpha value is -2.40. The summed E-state index contributed by atoms with van der Waals surface area (Å²) in [6, 6.07) is 14.6. The van der Waals surface area contributed by atoms with Crippen molar-refractivity contribution in [3.05, 3.63) is 48.0 Å². The summed E-state index contributed by atoms with van der Waals surface area (Å²) in [5.74, 6) is -0.0453. The molecule has 1 atom stereocenters. The van der Waals surface area contributed by atoms with Crippen LogP contribution in [0.3, 0.4) is 0 Å². The van der Waals surface area contributed by atoms with Gasteiger partial charge in [0.25, 0.3) is 0 Å². The van der Waals surface area contributed by atoms with Crippen molar-refractivity contribution in [2.75, 3.05) is 13.1 Å². The van der Waals surface area contributed by atoms with Crippen molar-refractivity contribution in [3.63, 3.8) is 0 Å². The molecule has 0 radical (unpaired) electrons. The van der Waals surface area contributed by atoms with Gasteiger partial charge in [-0.1, -0.05) is 49.2 Å². The predicted molar refractivity (Wildman–Crippen MR) is 106 cm³/mol. The minimum absolute atomic E-state index is 0.00698. The van der Waals surface area contributed by atoms with Crippen LogP contribution in [0, 0.1) is 0 Å². The van der Waals surface area contributed by atoms with Gasteiger partial charge in [0.1, 0.15) is 0 Å². The van der Waals surface area contributed by atoms with Gasteiger partial charge in [0.2, 0.25) is 11.8 Å². The van der Waals surface area contributed by atoms with Crippen molar-refractivity contribution in [1.29, 1.82) is 0 Å². The van der Waals surface area contributed by atoms with Gasteiger partial charge in [-0.2, -0.15) is 0 Å². The molecular formula is C22H27N3O2. The zero-order valence-electron chi connectivity index (χ0n) is 15.6. The van der Waals surface area contributed by atoms with Gasteiger partial charge in [-0.3, -0.25) is 14.5 Å². The first kappa shape index (κ1) is 18.0. The van der Waals surface area contributed by atoms with Crippen LogP contribution in [0.1, 0.15) is 37.7 Å². The van der Waals surface area contributed by atoms with Crippen molar-refractivity contribution in [2.24, 2.45) is 0 Å². The van der Waals surface area contributed by atoms with Crippen LogP contribution in [0.2, 0.25) is 0 Å². The van der Waals surface area contributed by atoms with E-state index in [1.807, 2.05) is 12.1 Å². The lowest BCUT2D eigenvalue weighted by molar-refractivity contribution is -0.134. The molecule has 5 heteroatoms. The number of rotatable bonds is 5. The van der Waals surface area contributed by atoms with Crippen LogP contribution in [0.15, 0.2) is 42.5 Å². The topological polar surface area (TPSA) is 61.4 Å². The van der Waals surface area contributed by atoms with Gasteiger partial charge in [-0.25, -0.2) is 0 Å². The van der Waals surface area contributed by atoms with E-state index < -0.39 is 6.04 Å². The van der Waals surface area contributed by atoms with Crippen molar-refractivity contribution in [2.45, 2.75) is 50.7 Å². The fourth-order valence-corrected chi connectivity index (χ4v) is 4.28. The molecule has 2 aromatic carbocycles. The van der Waals surface area contributed by atoms with Crippen LogP contribution in [-0.2, 0) is 16.1 Å². The quantitative estimate of drug-likeness (QED) is 0.856. The molecule has 27 heavy (non-hydrogen) atoms. The highest BCUT2D eigenvalue weighted by atomic mass is 16.2. The van der Waals surface area contributed by atoms with E-state index in [0.29, 0.717) is 13.1 Å². The second kappa shape index (κ2) is 8.09. The number of fused-ring (bicyclic) bond motifs is 1. The van der Waals surface area contributed by atoms with E-state index in [2.05, 4.69) is 45.9 Å². The summed E-state index contributed by atoms with van der Waals surface area (Å²) in [5, 5.41) is 8.44. The number of hydrogen-bond donors (Lipinski definition) is 2. The molecule has 1 saturated heterocycles. The Kier molecular flexibility index (Phi) is 5.39. The fourth-order valence-electron chi connectivity index (χ4n) is 4.28. The maximum Gasteiger partial charge on any atom is 0.237 e. The van der Waals surface area contributed by atoms with Gasteiger partial charge in [-0.05, 0) is 35.2 Å². The number of amides is 2. The van der Waals surface area contributed by atoms with Crippen LogP contribution in [0.25, 0.3) is 10.8 Å². The Morgan fingerprint density at radius 1 is 1.11 bits per heavy atom. The molecule has 2 fully saturated rings. The maximum absolute atomic E-state index is 12.5. The molecule has 0 unspecified atom stereocenters. The standard InChI is InChI=1S/C22H27N3O2/c26-21(24-19-7-3-4-8-19)14-20-22(27)23-11-12-25(20)15-16-9-10-17-5-1-2-6-18(17)13-16/h1-2,5-6,9-10,13,19-20H,3-4,7-8,11-12,14-15H2,(H,23,27)(H,24,26)/t20-/m1/s1. The van der Waals surface area contributed by atoms with E-state index in [-0.39, 0.29) is 24.3 Å². The zero-order chi connectivity index (χ0) is 18.6. The Morgan fingerprint density at radius 2 is 1.89 bits per heavy atom. The zero-order valence-corrected chi connectivity index (χ0v) is 15.6. The molecule has 0 spiro atoms. The number of nitrogens with one attached hydrogen (secondary N) is 2. The van der Waals surface area contributed by atoms with Crippen LogP contribution >= 0.6 is 0 Å². The van der Waals surface area contributed by atoms with Crippen LogP contribution < -0.4 is 10.6 Å². The Morgan fingerprint density at radius 3 is 2.70 bits per heavy atom. The molecule has 2 aromatic rings. The highest BCUT2D eigenvalue weighted by Gasteiger charge is 2.32. The minimum Gasteiger partial charge on any atom is -0.353 e. The summed E-state index contributed by atoms with van der Waals surface area (Å²) in [5.41, 5.74) is 1.17. The largest absolute Gasteiger partial charge is 0.353 e. The lowest BCUT2D eigenvalue weighted by Gasteiger charge is -2.35. The summed E-state index contributed by atoms with van der Waals surface area (Å²) in [4.78, 5) is 27.1. The van der Waals surface area contributed by atoms with Gasteiger partial charge < -0.3 is 10.6 Å². The van der Waals surface area contributed by atoms with E-state index in [9.17, 15) is 9.59 Å². The third kappa shape index (κ3) is 4.30. The number of carbonyl (C=O) groups is 2. The molecule has 1 aliphatic carbocycles. The fraction of sp³-hybridized carbons (Fsp3) is 0.455. The highest BCUT2D eigenvalue weighted by molar-refractivity contribution is 5.89. The molecule has 5 nitrogen and oxygen atoms in total. The monoisotopic (exact) mass is 365 g/mol. The van der Waals surface area contributed by atoms with E-state index in [4.69, 9.17) is 0 Å². The smallest absolute Gasteiger partial charge is 0.237 e. The minimum atomic E-state index is -0.397. The second-order valence-corrected chi connectivity index (χ2v) is 7.71. The van der Waals surface area contributed by atoms with Crippen LogP contribution in [0.4, 0.5) is 0 Å². The first-order valence-corrected chi connectivity index (χ1v) is 9.98. The van der Waals surface area contributed by atoms with E-state index in [1.165, 1.54) is 29.2 Å². The Labute approximate surface area is 160 Å². The summed E-state index contributed by atoms with van der Waals surface area (Å²) in [6.07, 6.45) is 4.72. The Balaban J connectivity index is 1.45. The van der Waals surface area contributed by atoms with Gasteiger partial charge in [0.05, 0.1) is 12.5 Å². The average molecular weight is 365 g/mol. The van der Waals surface area contributed by atoms with Crippen molar-refractivity contribution in [3.8, 4) is 0 Å². The lowest BCUT2D eigenvalue weighted by atomic mass is 10.0. The highest BCUT2D eigenvalue weighted by Crippen LogP contribution is 2.20. The van der Waals surface area contributed by atoms with Gasteiger partial charge >= 0.3 is 0 Å². The van der Waals surface area contributed by atoms with E-state index in [0.717, 1.165) is 19.4 Å². The molecule has 1 heterocycles. The third-order valence-electron chi connectivity index (χ3n) is 5.74. The number of nitrogens with zero attached hydrogens (tertiary/aromatic N) is 1. The predicted octanol–water partition coefficient (Wildman–Crippen LogP) is 2.59. The first-order valence-electron chi connectivity index (χ1n) is 9.98. The molecule has 142 valence electrons. The summed E-state index contributed by atoms with van der Waals surface area (Å²) < 4.78 is 0. The van der Waals surface area contributed by atoms with Crippen molar-refractivity contribution < 1.29 is 9.59 Å². The van der Waals surface area contributed by atoms with Crippen molar-refractivity contribution in [1.82, 2.24) is 15.5 Å². The van der Waals surface area contributed by atoms with E-state index >= 15 is 0 Å². The molecular weight excluding hydrogens is 338 g/mol. The first-order chi connectivity index (χ1) is 13.2. The molecule has 4 rings (SSSR count). The van der Waals surface area contributed by atoms with Crippen LogP contribution in [-0.4, -0.2) is 41.9 Å². The summed E-state index contributed by atoms with van der Waals surface area (Å²) in [6.45, 7) is 2.08. The summed E-state index contributed by atoms with van der Waals surface area (Å²) in [7, 11) is 0. The molecule has 1 aliphatic heterocycles. The number of benzene rings is 2. The molecule has 0 bridgehead atoms. The van der Waals surface area contributed by atoms with Gasteiger partial charge in [0, 0.05) is 25.7 Å². The average Bonchev–Trinajstić information content (AvgIpc) is 3.17. The molecule has 1 saturated carbocycles. The maximum atomic E-state index is 12.5. The van der Waals surface area contributed by atoms with Gasteiger partial charge in [0.15, 0.2) is 0 Å². The second-order valence-electron chi connectivity index (χ2n) is 7.71. The van der Waals surface area contributed by atoms with Crippen LogP contribution in [0.5, 0.6) is 0 Å².